The summed E-state index contributed by atoms with van der Waals surface area (Å²) in [5, 5.41) is 0. The standard InChI is InChI=1S/C16H26N2O4S/c1-12-6-8-14(9-7-12)23(20,21)18(10-13(2)17)11-15(19)22-16(3,4)5/h6-9,13H,10-11,17H2,1-5H3/t13-/m0/s1. The smallest absolute Gasteiger partial charge is 0.321 e. The van der Waals surface area contributed by atoms with Crippen LogP contribution in [-0.2, 0) is 19.6 Å². The summed E-state index contributed by atoms with van der Waals surface area (Å²) in [6.07, 6.45) is 0. The number of nitrogens with two attached hydrogens (primary N) is 1. The van der Waals surface area contributed by atoms with Crippen molar-refractivity contribution < 1.29 is 17.9 Å². The van der Waals surface area contributed by atoms with Crippen molar-refractivity contribution >= 4 is 16.0 Å². The van der Waals surface area contributed by atoms with Crippen LogP contribution in [0, 0.1) is 6.92 Å². The van der Waals surface area contributed by atoms with Gasteiger partial charge in [0.25, 0.3) is 0 Å². The summed E-state index contributed by atoms with van der Waals surface area (Å²) < 4.78 is 31.8. The maximum absolute atomic E-state index is 12.7. The Balaban J connectivity index is 3.05. The monoisotopic (exact) mass is 342 g/mol. The first-order valence-corrected chi connectivity index (χ1v) is 8.90. The number of carbonyl (C=O) groups is 1. The maximum atomic E-state index is 12.7. The van der Waals surface area contributed by atoms with Gasteiger partial charge in [0, 0.05) is 12.6 Å². The summed E-state index contributed by atoms with van der Waals surface area (Å²) in [7, 11) is -3.81. The summed E-state index contributed by atoms with van der Waals surface area (Å²) in [6, 6.07) is 6.06. The second-order valence-electron chi connectivity index (χ2n) is 6.67. The Kier molecular flexibility index (Phi) is 6.33. The minimum absolute atomic E-state index is 0.0372. The zero-order valence-corrected chi connectivity index (χ0v) is 15.2. The largest absolute Gasteiger partial charge is 0.459 e. The number of hydrogen-bond donors (Lipinski definition) is 1. The van der Waals surface area contributed by atoms with Crippen molar-refractivity contribution in [1.29, 1.82) is 0 Å². The number of aryl methyl sites for hydroxylation is 1. The SMILES string of the molecule is Cc1ccc(S(=O)(=O)N(CC(=O)OC(C)(C)C)C[C@H](C)N)cc1. The highest BCUT2D eigenvalue weighted by atomic mass is 32.2. The molecule has 0 heterocycles. The molecular weight excluding hydrogens is 316 g/mol. The normalized spacial score (nSPS) is 13.9. The van der Waals surface area contributed by atoms with Crippen LogP contribution in [0.25, 0.3) is 0 Å². The molecule has 0 fully saturated rings. The summed E-state index contributed by atoms with van der Waals surface area (Å²) >= 11 is 0. The number of esters is 1. The molecular formula is C16H26N2O4S. The van der Waals surface area contributed by atoms with Crippen LogP contribution in [0.4, 0.5) is 0 Å². The molecule has 0 saturated heterocycles. The molecule has 0 aliphatic carbocycles. The van der Waals surface area contributed by atoms with E-state index in [0.717, 1.165) is 9.87 Å². The third-order valence-corrected chi connectivity index (χ3v) is 4.70. The van der Waals surface area contributed by atoms with Crippen molar-refractivity contribution in [3.63, 3.8) is 0 Å². The minimum Gasteiger partial charge on any atom is -0.459 e. The second-order valence-corrected chi connectivity index (χ2v) is 8.61. The van der Waals surface area contributed by atoms with Crippen molar-refractivity contribution in [1.82, 2.24) is 4.31 Å². The molecule has 1 aromatic carbocycles. The zero-order chi connectivity index (χ0) is 17.8. The number of benzene rings is 1. The molecule has 2 N–H and O–H groups in total. The van der Waals surface area contributed by atoms with E-state index in [0.29, 0.717) is 0 Å². The molecule has 1 atom stereocenters. The average molecular weight is 342 g/mol. The predicted molar refractivity (Wildman–Crippen MR) is 89.4 cm³/mol. The van der Waals surface area contributed by atoms with Crippen LogP contribution in [0.2, 0.25) is 0 Å². The number of rotatable bonds is 6. The lowest BCUT2D eigenvalue weighted by atomic mass is 10.2. The number of carbonyl (C=O) groups excluding carboxylic acids is 1. The molecule has 0 aliphatic heterocycles. The van der Waals surface area contributed by atoms with Gasteiger partial charge >= 0.3 is 5.97 Å². The van der Waals surface area contributed by atoms with Crippen molar-refractivity contribution in [2.24, 2.45) is 5.73 Å². The van der Waals surface area contributed by atoms with Gasteiger partial charge in [-0.25, -0.2) is 8.42 Å². The van der Waals surface area contributed by atoms with E-state index in [2.05, 4.69) is 0 Å². The highest BCUT2D eigenvalue weighted by molar-refractivity contribution is 7.89. The fourth-order valence-corrected chi connectivity index (χ4v) is 3.43. The van der Waals surface area contributed by atoms with E-state index < -0.39 is 27.6 Å². The van der Waals surface area contributed by atoms with Crippen LogP contribution >= 0.6 is 0 Å². The second kappa shape index (κ2) is 7.42. The first-order valence-electron chi connectivity index (χ1n) is 7.46. The third-order valence-electron chi connectivity index (χ3n) is 2.88. The summed E-state index contributed by atoms with van der Waals surface area (Å²) in [5.74, 6) is -0.603. The van der Waals surface area contributed by atoms with Crippen molar-refractivity contribution in [3.8, 4) is 0 Å². The molecule has 130 valence electrons. The average Bonchev–Trinajstić information content (AvgIpc) is 2.35. The number of sulfonamides is 1. The summed E-state index contributed by atoms with van der Waals surface area (Å²) in [4.78, 5) is 12.1. The molecule has 0 aromatic heterocycles. The molecule has 0 saturated carbocycles. The van der Waals surface area contributed by atoms with Gasteiger partial charge in [-0.1, -0.05) is 17.7 Å². The lowest BCUT2D eigenvalue weighted by molar-refractivity contribution is -0.155. The quantitative estimate of drug-likeness (QED) is 0.794. The Labute approximate surface area is 138 Å². The van der Waals surface area contributed by atoms with Gasteiger partial charge in [-0.05, 0) is 46.8 Å². The highest BCUT2D eigenvalue weighted by Crippen LogP contribution is 2.17. The summed E-state index contributed by atoms with van der Waals surface area (Å²) in [6.45, 7) is 8.42. The predicted octanol–water partition coefficient (Wildman–Crippen LogP) is 1.67. The van der Waals surface area contributed by atoms with Gasteiger partial charge in [-0.15, -0.1) is 0 Å². The van der Waals surface area contributed by atoms with E-state index >= 15 is 0 Å². The number of nitrogens with zero attached hydrogens (tertiary/aromatic N) is 1. The molecule has 0 unspecified atom stereocenters. The minimum atomic E-state index is -3.81. The Bertz CT molecular complexity index is 631. The molecule has 23 heavy (non-hydrogen) atoms. The van der Waals surface area contributed by atoms with Gasteiger partial charge in [0.05, 0.1) is 4.90 Å². The number of hydrogen-bond acceptors (Lipinski definition) is 5. The molecule has 0 amide bonds. The van der Waals surface area contributed by atoms with E-state index in [1.807, 2.05) is 6.92 Å². The molecule has 6 nitrogen and oxygen atoms in total. The van der Waals surface area contributed by atoms with Crippen LogP contribution in [0.1, 0.15) is 33.3 Å². The first-order chi connectivity index (χ1) is 10.4. The molecule has 7 heteroatoms. The van der Waals surface area contributed by atoms with Crippen molar-refractivity contribution in [2.75, 3.05) is 13.1 Å². The van der Waals surface area contributed by atoms with Gasteiger partial charge in [0.1, 0.15) is 12.1 Å². The topological polar surface area (TPSA) is 89.7 Å². The summed E-state index contributed by atoms with van der Waals surface area (Å²) in [5.41, 5.74) is 6.01. The Morgan fingerprint density at radius 1 is 1.26 bits per heavy atom. The first kappa shape index (κ1) is 19.6. The van der Waals surface area contributed by atoms with Crippen LogP contribution < -0.4 is 5.73 Å². The fraction of sp³-hybridized carbons (Fsp3) is 0.562. The van der Waals surface area contributed by atoms with E-state index in [1.165, 1.54) is 12.1 Å². The zero-order valence-electron chi connectivity index (χ0n) is 14.4. The van der Waals surface area contributed by atoms with E-state index in [1.54, 1.807) is 39.8 Å². The molecule has 0 spiro atoms. The van der Waals surface area contributed by atoms with E-state index in [4.69, 9.17) is 10.5 Å². The van der Waals surface area contributed by atoms with Gasteiger partial charge in [0.2, 0.25) is 10.0 Å². The van der Waals surface area contributed by atoms with Gasteiger partial charge in [-0.3, -0.25) is 4.79 Å². The van der Waals surface area contributed by atoms with Gasteiger partial charge in [0.15, 0.2) is 0 Å². The van der Waals surface area contributed by atoms with E-state index in [9.17, 15) is 13.2 Å². The molecule has 0 aliphatic rings. The van der Waals surface area contributed by atoms with Crippen molar-refractivity contribution in [2.45, 2.75) is 51.2 Å². The Morgan fingerprint density at radius 2 is 1.78 bits per heavy atom. The Hall–Kier alpha value is -1.44. The van der Waals surface area contributed by atoms with Crippen LogP contribution in [-0.4, -0.2) is 43.4 Å². The highest BCUT2D eigenvalue weighted by Gasteiger charge is 2.29. The lowest BCUT2D eigenvalue weighted by Gasteiger charge is -2.25. The lowest BCUT2D eigenvalue weighted by Crippen LogP contribution is -2.44. The van der Waals surface area contributed by atoms with Crippen LogP contribution in [0.5, 0.6) is 0 Å². The van der Waals surface area contributed by atoms with Crippen LogP contribution in [0.15, 0.2) is 29.2 Å². The van der Waals surface area contributed by atoms with Gasteiger partial charge in [-0.2, -0.15) is 4.31 Å². The molecule has 1 rings (SSSR count). The van der Waals surface area contributed by atoms with E-state index in [-0.39, 0.29) is 18.0 Å². The maximum Gasteiger partial charge on any atom is 0.321 e. The molecule has 1 aromatic rings. The molecule has 0 bridgehead atoms. The molecule has 0 radical (unpaired) electrons. The third kappa shape index (κ3) is 6.29. The number of ether oxygens (including phenoxy) is 1. The van der Waals surface area contributed by atoms with Gasteiger partial charge < -0.3 is 10.5 Å². The Morgan fingerprint density at radius 3 is 2.22 bits per heavy atom. The fourth-order valence-electron chi connectivity index (χ4n) is 1.95. The van der Waals surface area contributed by atoms with Crippen LogP contribution in [0.3, 0.4) is 0 Å². The van der Waals surface area contributed by atoms with Crippen molar-refractivity contribution in [3.05, 3.63) is 29.8 Å².